The molecule has 1 N–H and O–H groups in total. The lowest BCUT2D eigenvalue weighted by atomic mass is 10.1. The van der Waals surface area contributed by atoms with Crippen LogP contribution in [0.5, 0.6) is 5.75 Å². The second kappa shape index (κ2) is 10.0. The van der Waals surface area contributed by atoms with E-state index in [1.54, 1.807) is 42.6 Å². The van der Waals surface area contributed by atoms with Crippen molar-refractivity contribution in [3.8, 4) is 11.4 Å². The number of amides is 2. The van der Waals surface area contributed by atoms with Crippen LogP contribution in [0.4, 0.5) is 11.4 Å². The van der Waals surface area contributed by atoms with Gasteiger partial charge in [-0.25, -0.2) is 0 Å². The minimum Gasteiger partial charge on any atom is -0.497 e. The molecule has 0 radical (unpaired) electrons. The summed E-state index contributed by atoms with van der Waals surface area (Å²) in [4.78, 5) is 27.3. The normalized spacial score (nSPS) is 12.3. The van der Waals surface area contributed by atoms with E-state index in [2.05, 4.69) is 21.6 Å². The first kappa shape index (κ1) is 22.7. The highest BCUT2D eigenvalue weighted by Crippen LogP contribution is 2.29. The van der Waals surface area contributed by atoms with Gasteiger partial charge < -0.3 is 15.0 Å². The molecule has 0 bridgehead atoms. The zero-order chi connectivity index (χ0) is 24.2. The van der Waals surface area contributed by atoms with Crippen molar-refractivity contribution in [2.24, 2.45) is 0 Å². The Kier molecular flexibility index (Phi) is 6.49. The second-order valence-corrected chi connectivity index (χ2v) is 8.87. The smallest absolute Gasteiger partial charge is 0.258 e. The minimum atomic E-state index is -0.174. The average molecular weight is 486 g/mol. The minimum absolute atomic E-state index is 0.0405. The van der Waals surface area contributed by atoms with Crippen molar-refractivity contribution < 1.29 is 14.3 Å². The number of benzene rings is 3. The summed E-state index contributed by atoms with van der Waals surface area (Å²) in [6.45, 7) is 0.676. The summed E-state index contributed by atoms with van der Waals surface area (Å²) in [6.07, 6.45) is 2.47. The molecule has 2 heterocycles. The van der Waals surface area contributed by atoms with Gasteiger partial charge in [-0.15, -0.1) is 10.2 Å². The molecule has 4 aromatic rings. The monoisotopic (exact) mass is 485 g/mol. The Labute approximate surface area is 206 Å². The van der Waals surface area contributed by atoms with Crippen molar-refractivity contribution in [1.82, 2.24) is 14.8 Å². The van der Waals surface area contributed by atoms with Crippen molar-refractivity contribution >= 4 is 35.0 Å². The summed E-state index contributed by atoms with van der Waals surface area (Å²) in [6, 6.07) is 22.5. The highest BCUT2D eigenvalue weighted by atomic mass is 32.2. The van der Waals surface area contributed by atoms with Crippen LogP contribution in [0.3, 0.4) is 0 Å². The van der Waals surface area contributed by atoms with Crippen molar-refractivity contribution in [2.75, 3.05) is 29.6 Å². The Hall–Kier alpha value is -4.11. The van der Waals surface area contributed by atoms with Crippen LogP contribution in [0.2, 0.25) is 0 Å². The van der Waals surface area contributed by atoms with Gasteiger partial charge in [0.05, 0.1) is 12.9 Å². The fourth-order valence-electron chi connectivity index (χ4n) is 3.97. The van der Waals surface area contributed by atoms with E-state index in [4.69, 9.17) is 4.74 Å². The molecule has 3 aromatic carbocycles. The molecule has 1 aliphatic rings. The third-order valence-electron chi connectivity index (χ3n) is 5.75. The average Bonchev–Trinajstić information content (AvgIpc) is 3.55. The maximum Gasteiger partial charge on any atom is 0.258 e. The van der Waals surface area contributed by atoms with E-state index in [0.29, 0.717) is 23.0 Å². The van der Waals surface area contributed by atoms with Crippen LogP contribution >= 0.6 is 11.8 Å². The molecule has 0 aliphatic carbocycles. The number of anilines is 2. The largest absolute Gasteiger partial charge is 0.497 e. The maximum absolute atomic E-state index is 13.0. The van der Waals surface area contributed by atoms with E-state index in [1.807, 2.05) is 47.0 Å². The Morgan fingerprint density at radius 2 is 1.80 bits per heavy atom. The third kappa shape index (κ3) is 4.90. The molecule has 2 amide bonds. The molecule has 0 fully saturated rings. The van der Waals surface area contributed by atoms with E-state index >= 15 is 0 Å². The molecular formula is C26H23N5O3S. The van der Waals surface area contributed by atoms with Gasteiger partial charge in [-0.2, -0.15) is 0 Å². The number of thioether (sulfide) groups is 1. The van der Waals surface area contributed by atoms with E-state index in [9.17, 15) is 9.59 Å². The zero-order valence-corrected chi connectivity index (χ0v) is 19.9. The predicted octanol–water partition coefficient (Wildman–Crippen LogP) is 4.21. The molecule has 8 nitrogen and oxygen atoms in total. The first-order valence-corrected chi connectivity index (χ1v) is 12.1. The van der Waals surface area contributed by atoms with E-state index in [-0.39, 0.29) is 17.6 Å². The molecule has 0 unspecified atom stereocenters. The molecule has 0 spiro atoms. The zero-order valence-electron chi connectivity index (χ0n) is 19.0. The lowest BCUT2D eigenvalue weighted by Crippen LogP contribution is -2.28. The number of carbonyl (C=O) groups is 2. The fourth-order valence-corrected chi connectivity index (χ4v) is 4.70. The van der Waals surface area contributed by atoms with Crippen LogP contribution in [0, 0.1) is 0 Å². The first-order valence-electron chi connectivity index (χ1n) is 11.1. The van der Waals surface area contributed by atoms with Crippen LogP contribution in [-0.2, 0) is 11.2 Å². The Morgan fingerprint density at radius 1 is 1.03 bits per heavy atom. The number of ether oxygens (including phenoxy) is 1. The van der Waals surface area contributed by atoms with Crippen LogP contribution in [-0.4, -0.2) is 46.0 Å². The van der Waals surface area contributed by atoms with Gasteiger partial charge in [0.15, 0.2) is 5.16 Å². The number of nitrogens with zero attached hydrogens (tertiary/aromatic N) is 4. The van der Waals surface area contributed by atoms with Crippen LogP contribution in [0.25, 0.3) is 5.69 Å². The van der Waals surface area contributed by atoms with E-state index in [1.165, 1.54) is 17.3 Å². The lowest BCUT2D eigenvalue weighted by molar-refractivity contribution is -0.113. The number of carbonyl (C=O) groups excluding carboxylic acids is 2. The van der Waals surface area contributed by atoms with Crippen LogP contribution in [0.1, 0.15) is 15.9 Å². The standard InChI is InChI=1S/C26H23N5O3S/c1-34-22-12-10-21(11-13-22)31-17-27-29-26(31)35-16-24(32)28-20-8-6-19(7-9-20)25(33)30-15-14-18-4-2-3-5-23(18)30/h2-13,17H,14-16H2,1H3,(H,28,32). The third-order valence-corrected chi connectivity index (χ3v) is 6.69. The van der Waals surface area contributed by atoms with Crippen molar-refractivity contribution in [2.45, 2.75) is 11.6 Å². The maximum atomic E-state index is 13.0. The first-order chi connectivity index (χ1) is 17.1. The highest BCUT2D eigenvalue weighted by molar-refractivity contribution is 7.99. The number of methoxy groups -OCH3 is 1. The summed E-state index contributed by atoms with van der Waals surface area (Å²) in [5.41, 5.74) is 4.24. The van der Waals surface area contributed by atoms with Crippen LogP contribution < -0.4 is 15.0 Å². The number of hydrogen-bond acceptors (Lipinski definition) is 6. The van der Waals surface area contributed by atoms with Crippen molar-refractivity contribution in [3.63, 3.8) is 0 Å². The Morgan fingerprint density at radius 3 is 2.57 bits per heavy atom. The molecule has 0 saturated carbocycles. The van der Waals surface area contributed by atoms with Crippen molar-refractivity contribution in [1.29, 1.82) is 0 Å². The predicted molar refractivity (Wildman–Crippen MR) is 136 cm³/mol. The van der Waals surface area contributed by atoms with Gasteiger partial charge in [0.1, 0.15) is 12.1 Å². The topological polar surface area (TPSA) is 89.3 Å². The summed E-state index contributed by atoms with van der Waals surface area (Å²) >= 11 is 1.29. The SMILES string of the molecule is COc1ccc(-n2cnnc2SCC(=O)Nc2ccc(C(=O)N3CCc4ccccc43)cc2)cc1. The summed E-state index contributed by atoms with van der Waals surface area (Å²) in [5.74, 6) is 0.710. The molecule has 176 valence electrons. The molecule has 0 saturated heterocycles. The summed E-state index contributed by atoms with van der Waals surface area (Å²) in [5, 5.41) is 11.6. The Balaban J connectivity index is 1.18. The quantitative estimate of drug-likeness (QED) is 0.395. The van der Waals surface area contributed by atoms with Crippen LogP contribution in [0.15, 0.2) is 84.3 Å². The molecule has 1 aliphatic heterocycles. The van der Waals surface area contributed by atoms with E-state index < -0.39 is 0 Å². The van der Waals surface area contributed by atoms with Gasteiger partial charge in [-0.1, -0.05) is 30.0 Å². The number of para-hydroxylation sites is 1. The molecule has 1 aromatic heterocycles. The molecular weight excluding hydrogens is 462 g/mol. The summed E-state index contributed by atoms with van der Waals surface area (Å²) in [7, 11) is 1.62. The second-order valence-electron chi connectivity index (χ2n) is 7.93. The lowest BCUT2D eigenvalue weighted by Gasteiger charge is -2.17. The van der Waals surface area contributed by atoms with Gasteiger partial charge >= 0.3 is 0 Å². The number of nitrogens with one attached hydrogen (secondary N) is 1. The molecule has 9 heteroatoms. The number of rotatable bonds is 7. The number of hydrogen-bond donors (Lipinski definition) is 1. The number of fused-ring (bicyclic) bond motifs is 1. The highest BCUT2D eigenvalue weighted by Gasteiger charge is 2.25. The molecule has 35 heavy (non-hydrogen) atoms. The van der Waals surface area contributed by atoms with Crippen molar-refractivity contribution in [3.05, 3.63) is 90.3 Å². The fraction of sp³-hybridized carbons (Fsp3) is 0.154. The Bertz CT molecular complexity index is 1350. The van der Waals surface area contributed by atoms with E-state index in [0.717, 1.165) is 23.5 Å². The summed E-state index contributed by atoms with van der Waals surface area (Å²) < 4.78 is 7.01. The van der Waals surface area contributed by atoms with Gasteiger partial charge in [0.25, 0.3) is 5.91 Å². The van der Waals surface area contributed by atoms with Gasteiger partial charge in [-0.05, 0) is 66.6 Å². The van der Waals surface area contributed by atoms with Gasteiger partial charge in [-0.3, -0.25) is 14.2 Å². The van der Waals surface area contributed by atoms with Gasteiger partial charge in [0.2, 0.25) is 5.91 Å². The molecule has 0 atom stereocenters. The van der Waals surface area contributed by atoms with Gasteiger partial charge in [0, 0.05) is 29.2 Å². The number of aromatic nitrogens is 3. The molecule has 5 rings (SSSR count).